The number of carbonyl (C=O) groups is 2. The summed E-state index contributed by atoms with van der Waals surface area (Å²) in [6, 6.07) is 10.3. The molecule has 144 valence electrons. The van der Waals surface area contributed by atoms with E-state index in [1.54, 1.807) is 31.2 Å². The number of halogens is 2. The zero-order chi connectivity index (χ0) is 20.0. The second-order valence-corrected chi connectivity index (χ2v) is 6.40. The Hall–Kier alpha value is -2.80. The van der Waals surface area contributed by atoms with E-state index in [1.165, 1.54) is 6.92 Å². The fourth-order valence-corrected chi connectivity index (χ4v) is 2.62. The van der Waals surface area contributed by atoms with Crippen molar-refractivity contribution >= 4 is 11.8 Å². The largest absolute Gasteiger partial charge is 0.386 e. The van der Waals surface area contributed by atoms with Crippen LogP contribution in [0.5, 0.6) is 0 Å². The summed E-state index contributed by atoms with van der Waals surface area (Å²) in [6.45, 7) is 3.14. The minimum atomic E-state index is -0.895. The predicted molar refractivity (Wildman–Crippen MR) is 96.7 cm³/mol. The molecule has 0 unspecified atom stereocenters. The lowest BCUT2D eigenvalue weighted by Crippen LogP contribution is -2.49. The van der Waals surface area contributed by atoms with E-state index in [-0.39, 0.29) is 12.0 Å². The lowest BCUT2D eigenvalue weighted by atomic mass is 10.0. The van der Waals surface area contributed by atoms with E-state index < -0.39 is 41.6 Å². The molecule has 2 amide bonds. The number of nitrogens with one attached hydrogen (secondary N) is 2. The Labute approximate surface area is 156 Å². The van der Waals surface area contributed by atoms with Gasteiger partial charge in [-0.25, -0.2) is 8.78 Å². The van der Waals surface area contributed by atoms with Crippen molar-refractivity contribution < 1.29 is 23.5 Å². The maximum absolute atomic E-state index is 13.2. The Kier molecular flexibility index (Phi) is 7.01. The molecule has 0 spiro atoms. The van der Waals surface area contributed by atoms with Crippen LogP contribution in [-0.4, -0.2) is 29.0 Å². The summed E-state index contributed by atoms with van der Waals surface area (Å²) in [6.07, 6.45) is -1.15. The Morgan fingerprint density at radius 1 is 1.00 bits per heavy atom. The van der Waals surface area contributed by atoms with Crippen LogP contribution >= 0.6 is 0 Å². The van der Waals surface area contributed by atoms with Crippen molar-refractivity contribution in [3.63, 3.8) is 0 Å². The third kappa shape index (κ3) is 6.14. The number of hydrogen-bond donors (Lipinski definition) is 3. The third-order valence-corrected chi connectivity index (χ3v) is 4.04. The van der Waals surface area contributed by atoms with Crippen molar-refractivity contribution in [3.05, 3.63) is 71.3 Å². The van der Waals surface area contributed by atoms with Crippen LogP contribution in [0.3, 0.4) is 0 Å². The summed E-state index contributed by atoms with van der Waals surface area (Å²) < 4.78 is 26.3. The van der Waals surface area contributed by atoms with Crippen LogP contribution in [-0.2, 0) is 16.0 Å². The smallest absolute Gasteiger partial charge is 0.242 e. The summed E-state index contributed by atoms with van der Waals surface area (Å²) in [5.74, 6) is -2.56. The molecule has 2 aromatic carbocycles. The second kappa shape index (κ2) is 9.23. The molecule has 3 N–H and O–H groups in total. The third-order valence-electron chi connectivity index (χ3n) is 4.04. The first kappa shape index (κ1) is 20.5. The maximum atomic E-state index is 13.2. The lowest BCUT2D eigenvalue weighted by Gasteiger charge is -2.23. The highest BCUT2D eigenvalue weighted by Gasteiger charge is 2.22. The lowest BCUT2D eigenvalue weighted by molar-refractivity contribution is -0.129. The van der Waals surface area contributed by atoms with Gasteiger partial charge in [0.15, 0.2) is 0 Å². The molecule has 0 aromatic heterocycles. The maximum Gasteiger partial charge on any atom is 0.242 e. The van der Waals surface area contributed by atoms with Crippen LogP contribution in [0.1, 0.15) is 31.1 Å². The zero-order valence-electron chi connectivity index (χ0n) is 15.1. The number of aliphatic hydroxyl groups excluding tert-OH is 1. The first-order valence-electron chi connectivity index (χ1n) is 8.54. The molecule has 0 aliphatic heterocycles. The van der Waals surface area contributed by atoms with E-state index in [1.807, 2.05) is 6.07 Å². The van der Waals surface area contributed by atoms with E-state index in [9.17, 15) is 23.5 Å². The molecule has 0 radical (unpaired) electrons. The summed E-state index contributed by atoms with van der Waals surface area (Å²) in [5, 5.41) is 15.4. The molecule has 0 saturated heterocycles. The van der Waals surface area contributed by atoms with Gasteiger partial charge in [0.2, 0.25) is 11.8 Å². The first-order chi connectivity index (χ1) is 12.8. The van der Waals surface area contributed by atoms with Crippen molar-refractivity contribution in [2.24, 2.45) is 0 Å². The number of amides is 2. The van der Waals surface area contributed by atoms with Crippen LogP contribution in [0, 0.1) is 11.6 Å². The molecule has 7 heteroatoms. The number of hydrogen-bond acceptors (Lipinski definition) is 3. The van der Waals surface area contributed by atoms with Gasteiger partial charge in [0, 0.05) is 6.07 Å². The quantitative estimate of drug-likeness (QED) is 0.694. The van der Waals surface area contributed by atoms with Gasteiger partial charge in [-0.3, -0.25) is 9.59 Å². The first-order valence-corrected chi connectivity index (χ1v) is 8.54. The molecule has 2 aromatic rings. The topological polar surface area (TPSA) is 78.4 Å². The Bertz CT molecular complexity index is 779. The summed E-state index contributed by atoms with van der Waals surface area (Å²) in [5.41, 5.74) is 0.834. The molecule has 0 aliphatic rings. The molecule has 2 rings (SSSR count). The van der Waals surface area contributed by atoms with Crippen LogP contribution < -0.4 is 10.6 Å². The molecule has 5 nitrogen and oxygen atoms in total. The fourth-order valence-electron chi connectivity index (χ4n) is 2.62. The van der Waals surface area contributed by atoms with Gasteiger partial charge in [-0.2, -0.15) is 0 Å². The highest BCUT2D eigenvalue weighted by Crippen LogP contribution is 2.16. The van der Waals surface area contributed by atoms with Gasteiger partial charge in [0.05, 0.1) is 18.6 Å². The minimum Gasteiger partial charge on any atom is -0.386 e. The fraction of sp³-hybridized carbons (Fsp3) is 0.300. The van der Waals surface area contributed by atoms with E-state index in [0.29, 0.717) is 5.56 Å². The van der Waals surface area contributed by atoms with Crippen molar-refractivity contribution in [1.29, 1.82) is 0 Å². The Balaban J connectivity index is 1.88. The second-order valence-electron chi connectivity index (χ2n) is 6.40. The van der Waals surface area contributed by atoms with Gasteiger partial charge in [-0.15, -0.1) is 0 Å². The molecule has 0 heterocycles. The molecular formula is C20H22F2N2O3. The molecule has 3 atom stereocenters. The molecule has 0 aliphatic carbocycles. The Morgan fingerprint density at radius 3 is 2.19 bits per heavy atom. The van der Waals surface area contributed by atoms with Crippen LogP contribution in [0.4, 0.5) is 8.78 Å². The average Bonchev–Trinajstić information content (AvgIpc) is 2.60. The Morgan fingerprint density at radius 2 is 1.59 bits per heavy atom. The van der Waals surface area contributed by atoms with Gasteiger partial charge in [0.1, 0.15) is 17.7 Å². The minimum absolute atomic E-state index is 0.172. The summed E-state index contributed by atoms with van der Waals surface area (Å²) in [7, 11) is 0. The van der Waals surface area contributed by atoms with E-state index >= 15 is 0 Å². The average molecular weight is 376 g/mol. The summed E-state index contributed by atoms with van der Waals surface area (Å²) in [4.78, 5) is 24.2. The number of aliphatic hydroxyl groups is 1. The number of carbonyl (C=O) groups excluding carboxylic acids is 2. The normalized spacial score (nSPS) is 14.1. The van der Waals surface area contributed by atoms with E-state index in [4.69, 9.17) is 0 Å². The van der Waals surface area contributed by atoms with Crippen LogP contribution in [0.15, 0.2) is 48.5 Å². The zero-order valence-corrected chi connectivity index (χ0v) is 15.1. The van der Waals surface area contributed by atoms with Gasteiger partial charge in [-0.05, 0) is 37.1 Å². The van der Waals surface area contributed by atoms with Crippen molar-refractivity contribution in [2.45, 2.75) is 38.5 Å². The van der Waals surface area contributed by atoms with Crippen molar-refractivity contribution in [1.82, 2.24) is 10.6 Å². The molecule has 0 saturated carbocycles. The van der Waals surface area contributed by atoms with E-state index in [0.717, 1.165) is 18.2 Å². The van der Waals surface area contributed by atoms with Crippen LogP contribution in [0.25, 0.3) is 0 Å². The van der Waals surface area contributed by atoms with Gasteiger partial charge < -0.3 is 15.7 Å². The monoisotopic (exact) mass is 376 g/mol. The van der Waals surface area contributed by atoms with Crippen molar-refractivity contribution in [2.75, 3.05) is 0 Å². The van der Waals surface area contributed by atoms with Crippen molar-refractivity contribution in [3.8, 4) is 0 Å². The highest BCUT2D eigenvalue weighted by molar-refractivity contribution is 5.88. The molecule has 0 bridgehead atoms. The van der Waals surface area contributed by atoms with Crippen LogP contribution in [0.2, 0.25) is 0 Å². The number of benzene rings is 2. The van der Waals surface area contributed by atoms with Gasteiger partial charge in [-0.1, -0.05) is 30.3 Å². The SMILES string of the molecule is C[C@H](NC(=O)Cc1cc(F)cc(F)c1)C(=O)N[C@@H](C)[C@H](O)c1ccccc1. The molecule has 27 heavy (non-hydrogen) atoms. The molecular weight excluding hydrogens is 354 g/mol. The number of rotatable bonds is 7. The highest BCUT2D eigenvalue weighted by atomic mass is 19.1. The standard InChI is InChI=1S/C20H22F2N2O3/c1-12(19(26)15-6-4-3-5-7-15)24-20(27)13(2)23-18(25)10-14-8-16(21)11-17(22)9-14/h3-9,11-13,19,26H,10H2,1-2H3,(H,23,25)(H,24,27)/t12-,13-,19-/m0/s1. The van der Waals surface area contributed by atoms with Gasteiger partial charge >= 0.3 is 0 Å². The summed E-state index contributed by atoms with van der Waals surface area (Å²) >= 11 is 0. The van der Waals surface area contributed by atoms with E-state index in [2.05, 4.69) is 10.6 Å². The molecule has 0 fully saturated rings. The van der Waals surface area contributed by atoms with Gasteiger partial charge in [0.25, 0.3) is 0 Å². The predicted octanol–water partition coefficient (Wildman–Crippen LogP) is 2.25.